The molecule has 0 bridgehead atoms. The van der Waals surface area contributed by atoms with Crippen molar-refractivity contribution in [3.8, 4) is 0 Å². The summed E-state index contributed by atoms with van der Waals surface area (Å²) >= 11 is 18.1. The first kappa shape index (κ1) is 14.4. The summed E-state index contributed by atoms with van der Waals surface area (Å²) in [6.45, 7) is 1.91. The maximum absolute atomic E-state index is 13.0. The predicted molar refractivity (Wildman–Crippen MR) is 79.9 cm³/mol. The van der Waals surface area contributed by atoms with Crippen molar-refractivity contribution in [2.75, 3.05) is 5.32 Å². The Balaban J connectivity index is 2.25. The fraction of sp³-hybridized carbons (Fsp3) is 0.143. The monoisotopic (exact) mass is 317 g/mol. The van der Waals surface area contributed by atoms with Gasteiger partial charge in [-0.3, -0.25) is 0 Å². The molecule has 0 aromatic heterocycles. The van der Waals surface area contributed by atoms with Crippen LogP contribution >= 0.6 is 34.8 Å². The highest BCUT2D eigenvalue weighted by Gasteiger charge is 2.12. The number of nitrogens with one attached hydrogen (secondary N) is 1. The van der Waals surface area contributed by atoms with Crippen molar-refractivity contribution in [1.82, 2.24) is 0 Å². The average molecular weight is 319 g/mol. The van der Waals surface area contributed by atoms with Gasteiger partial charge in [0.2, 0.25) is 0 Å². The molecule has 0 amide bonds. The van der Waals surface area contributed by atoms with Gasteiger partial charge in [0.05, 0.1) is 21.8 Å². The molecule has 0 aliphatic heterocycles. The van der Waals surface area contributed by atoms with Gasteiger partial charge in [0.1, 0.15) is 5.82 Å². The Labute approximate surface area is 126 Å². The van der Waals surface area contributed by atoms with Crippen LogP contribution in [0.4, 0.5) is 10.1 Å². The fourth-order valence-corrected chi connectivity index (χ4v) is 2.46. The van der Waals surface area contributed by atoms with Crippen LogP contribution in [0.1, 0.15) is 18.5 Å². The number of benzene rings is 2. The summed E-state index contributed by atoms with van der Waals surface area (Å²) in [5.74, 6) is -0.360. The van der Waals surface area contributed by atoms with Crippen molar-refractivity contribution >= 4 is 40.5 Å². The van der Waals surface area contributed by atoms with Crippen LogP contribution < -0.4 is 5.32 Å². The first-order chi connectivity index (χ1) is 8.99. The van der Waals surface area contributed by atoms with Gasteiger partial charge in [0, 0.05) is 5.02 Å². The lowest BCUT2D eigenvalue weighted by Crippen LogP contribution is -2.07. The molecule has 0 aliphatic carbocycles. The lowest BCUT2D eigenvalue weighted by Gasteiger charge is -2.18. The number of rotatable bonds is 3. The molecular formula is C14H11Cl3FN. The molecule has 1 nitrogen and oxygen atoms in total. The smallest absolute Gasteiger partial charge is 0.124 e. The third-order valence-corrected chi connectivity index (χ3v) is 3.90. The van der Waals surface area contributed by atoms with E-state index in [0.29, 0.717) is 20.8 Å². The summed E-state index contributed by atoms with van der Waals surface area (Å²) in [4.78, 5) is 0. The Bertz CT molecular complexity index is 601. The normalized spacial score (nSPS) is 12.3. The van der Waals surface area contributed by atoms with Crippen LogP contribution in [-0.2, 0) is 0 Å². The minimum atomic E-state index is -0.360. The molecule has 0 heterocycles. The SMILES string of the molecule is CC(Nc1cccc(Cl)c1Cl)c1ccc(F)cc1Cl. The Morgan fingerprint density at radius 3 is 2.47 bits per heavy atom. The van der Waals surface area contributed by atoms with Crippen molar-refractivity contribution in [3.63, 3.8) is 0 Å². The lowest BCUT2D eigenvalue weighted by molar-refractivity contribution is 0.626. The van der Waals surface area contributed by atoms with E-state index in [1.54, 1.807) is 18.2 Å². The van der Waals surface area contributed by atoms with Crippen molar-refractivity contribution in [1.29, 1.82) is 0 Å². The summed E-state index contributed by atoms with van der Waals surface area (Å²) in [7, 11) is 0. The standard InChI is InChI=1S/C14H11Cl3FN/c1-8(10-6-5-9(18)7-12(10)16)19-13-4-2-3-11(15)14(13)17/h2-8,19H,1H3. The molecule has 1 unspecified atom stereocenters. The van der Waals surface area contributed by atoms with Crippen LogP contribution in [0.25, 0.3) is 0 Å². The third-order valence-electron chi connectivity index (χ3n) is 2.75. The molecule has 2 aromatic rings. The molecule has 0 aliphatic rings. The lowest BCUT2D eigenvalue weighted by atomic mass is 10.1. The summed E-state index contributed by atoms with van der Waals surface area (Å²) in [6.07, 6.45) is 0. The average Bonchev–Trinajstić information content (AvgIpc) is 2.34. The maximum Gasteiger partial charge on any atom is 0.124 e. The van der Waals surface area contributed by atoms with Crippen LogP contribution in [0.2, 0.25) is 15.1 Å². The van der Waals surface area contributed by atoms with Gasteiger partial charge in [0.15, 0.2) is 0 Å². The molecule has 19 heavy (non-hydrogen) atoms. The number of anilines is 1. The molecule has 1 atom stereocenters. The topological polar surface area (TPSA) is 12.0 Å². The van der Waals surface area contributed by atoms with E-state index < -0.39 is 0 Å². The van der Waals surface area contributed by atoms with Crippen LogP contribution in [0.15, 0.2) is 36.4 Å². The van der Waals surface area contributed by atoms with Crippen LogP contribution in [-0.4, -0.2) is 0 Å². The molecule has 100 valence electrons. The van der Waals surface area contributed by atoms with Gasteiger partial charge < -0.3 is 5.32 Å². The number of halogens is 4. The second kappa shape index (κ2) is 6.00. The third kappa shape index (κ3) is 3.33. The van der Waals surface area contributed by atoms with Gasteiger partial charge in [-0.2, -0.15) is 0 Å². The molecule has 0 saturated carbocycles. The van der Waals surface area contributed by atoms with Gasteiger partial charge in [-0.15, -0.1) is 0 Å². The molecular weight excluding hydrogens is 308 g/mol. The summed E-state index contributed by atoms with van der Waals surface area (Å²) < 4.78 is 13.0. The Morgan fingerprint density at radius 1 is 1.05 bits per heavy atom. The minimum absolute atomic E-state index is 0.121. The first-order valence-corrected chi connectivity index (χ1v) is 6.78. The van der Waals surface area contributed by atoms with Crippen LogP contribution in [0, 0.1) is 5.82 Å². The Hall–Kier alpha value is -0.960. The second-order valence-corrected chi connectivity index (χ2v) is 5.33. The Kier molecular flexibility index (Phi) is 4.56. The number of hydrogen-bond acceptors (Lipinski definition) is 1. The largest absolute Gasteiger partial charge is 0.377 e. The van der Waals surface area contributed by atoms with Gasteiger partial charge in [-0.05, 0) is 36.8 Å². The molecule has 5 heteroatoms. The molecule has 1 N–H and O–H groups in total. The van der Waals surface area contributed by atoms with Crippen molar-refractivity contribution in [2.45, 2.75) is 13.0 Å². The highest BCUT2D eigenvalue weighted by atomic mass is 35.5. The highest BCUT2D eigenvalue weighted by Crippen LogP contribution is 2.33. The van der Waals surface area contributed by atoms with Crippen molar-refractivity contribution in [3.05, 3.63) is 62.8 Å². The zero-order chi connectivity index (χ0) is 14.0. The molecule has 2 aromatic carbocycles. The van der Waals surface area contributed by atoms with E-state index in [1.807, 2.05) is 13.0 Å². The van der Waals surface area contributed by atoms with E-state index in [2.05, 4.69) is 5.32 Å². The van der Waals surface area contributed by atoms with E-state index in [-0.39, 0.29) is 11.9 Å². The van der Waals surface area contributed by atoms with Crippen LogP contribution in [0.3, 0.4) is 0 Å². The summed E-state index contributed by atoms with van der Waals surface area (Å²) in [6, 6.07) is 9.52. The van der Waals surface area contributed by atoms with Gasteiger partial charge in [-0.25, -0.2) is 4.39 Å². The van der Waals surface area contributed by atoms with E-state index in [9.17, 15) is 4.39 Å². The Morgan fingerprint density at radius 2 is 1.79 bits per heavy atom. The summed E-state index contributed by atoms with van der Waals surface area (Å²) in [5.41, 5.74) is 1.50. The highest BCUT2D eigenvalue weighted by molar-refractivity contribution is 6.43. The van der Waals surface area contributed by atoms with E-state index in [0.717, 1.165) is 5.56 Å². The molecule has 2 rings (SSSR count). The molecule has 0 saturated heterocycles. The quantitative estimate of drug-likeness (QED) is 0.736. The first-order valence-electron chi connectivity index (χ1n) is 5.64. The summed E-state index contributed by atoms with van der Waals surface area (Å²) in [5, 5.41) is 4.51. The second-order valence-electron chi connectivity index (χ2n) is 4.13. The zero-order valence-electron chi connectivity index (χ0n) is 10.1. The van der Waals surface area contributed by atoms with Gasteiger partial charge in [-0.1, -0.05) is 46.9 Å². The maximum atomic E-state index is 13.0. The zero-order valence-corrected chi connectivity index (χ0v) is 12.3. The fourth-order valence-electron chi connectivity index (χ4n) is 1.78. The minimum Gasteiger partial charge on any atom is -0.377 e. The number of hydrogen-bond donors (Lipinski definition) is 1. The van der Waals surface area contributed by atoms with E-state index >= 15 is 0 Å². The molecule has 0 radical (unpaired) electrons. The van der Waals surface area contributed by atoms with Crippen LogP contribution in [0.5, 0.6) is 0 Å². The van der Waals surface area contributed by atoms with E-state index in [4.69, 9.17) is 34.8 Å². The molecule has 0 spiro atoms. The predicted octanol–water partition coefficient (Wildman–Crippen LogP) is 5.96. The van der Waals surface area contributed by atoms with Gasteiger partial charge in [0.25, 0.3) is 0 Å². The van der Waals surface area contributed by atoms with Crippen molar-refractivity contribution in [2.24, 2.45) is 0 Å². The van der Waals surface area contributed by atoms with Gasteiger partial charge >= 0.3 is 0 Å². The van der Waals surface area contributed by atoms with E-state index in [1.165, 1.54) is 12.1 Å². The van der Waals surface area contributed by atoms with Crippen molar-refractivity contribution < 1.29 is 4.39 Å². The molecule has 0 fully saturated rings.